The van der Waals surface area contributed by atoms with E-state index in [-0.39, 0.29) is 0 Å². The molecule has 3 aromatic carbocycles. The van der Waals surface area contributed by atoms with E-state index in [4.69, 9.17) is 11.6 Å². The molecule has 0 unspecified atom stereocenters. The van der Waals surface area contributed by atoms with E-state index in [0.29, 0.717) is 18.1 Å². The van der Waals surface area contributed by atoms with E-state index in [9.17, 15) is 5.11 Å². The van der Waals surface area contributed by atoms with E-state index < -0.39 is 6.10 Å². The highest BCUT2D eigenvalue weighted by atomic mass is 35.5. The van der Waals surface area contributed by atoms with Crippen molar-refractivity contribution in [2.24, 2.45) is 0 Å². The van der Waals surface area contributed by atoms with E-state index in [0.717, 1.165) is 28.2 Å². The first kappa shape index (κ1) is 23.4. The normalized spacial score (nSPS) is 12.4. The van der Waals surface area contributed by atoms with Crippen molar-refractivity contribution >= 4 is 22.5 Å². The zero-order chi connectivity index (χ0) is 24.7. The Kier molecular flexibility index (Phi) is 6.26. The summed E-state index contributed by atoms with van der Waals surface area (Å²) < 4.78 is 4.10. The van der Waals surface area contributed by atoms with Crippen molar-refractivity contribution < 1.29 is 5.11 Å². The summed E-state index contributed by atoms with van der Waals surface area (Å²) in [5.74, 6) is 0. The highest BCUT2D eigenvalue weighted by Gasteiger charge is 2.23. The Morgan fingerprint density at radius 2 is 1.49 bits per heavy atom. The van der Waals surface area contributed by atoms with Crippen molar-refractivity contribution in [1.29, 1.82) is 0 Å². The van der Waals surface area contributed by atoms with Gasteiger partial charge in [0.25, 0.3) is 0 Å². The molecule has 2 aromatic heterocycles. The maximum Gasteiger partial charge on any atom is 0.0914 e. The molecule has 1 N–H and O–H groups in total. The summed E-state index contributed by atoms with van der Waals surface area (Å²) in [5, 5.41) is 17.7. The molecule has 5 rings (SSSR count). The number of hydrogen-bond acceptors (Lipinski definition) is 2. The van der Waals surface area contributed by atoms with Crippen LogP contribution in [-0.2, 0) is 13.1 Å². The van der Waals surface area contributed by atoms with Gasteiger partial charge >= 0.3 is 0 Å². The van der Waals surface area contributed by atoms with Gasteiger partial charge in [0, 0.05) is 10.9 Å². The van der Waals surface area contributed by atoms with Crippen molar-refractivity contribution in [1.82, 2.24) is 14.3 Å². The van der Waals surface area contributed by atoms with Crippen LogP contribution in [0.15, 0.2) is 72.8 Å². The van der Waals surface area contributed by atoms with Crippen LogP contribution < -0.4 is 0 Å². The summed E-state index contributed by atoms with van der Waals surface area (Å²) in [7, 11) is 0. The SMILES string of the molecule is Cc1cc(C)c2c(c1)c(-c1ccccc1)c(-c1ccccc1)n2C[C@@H](O)Cn1nc(C)c(Cl)c1C. The Morgan fingerprint density at radius 1 is 0.857 bits per heavy atom. The monoisotopic (exact) mass is 483 g/mol. The summed E-state index contributed by atoms with van der Waals surface area (Å²) in [4.78, 5) is 0. The lowest BCUT2D eigenvalue weighted by molar-refractivity contribution is 0.131. The second-order valence-corrected chi connectivity index (χ2v) is 9.74. The molecular weight excluding hydrogens is 454 g/mol. The van der Waals surface area contributed by atoms with Crippen molar-refractivity contribution in [2.45, 2.75) is 46.9 Å². The molecule has 0 aliphatic heterocycles. The van der Waals surface area contributed by atoms with Gasteiger partial charge in [0.15, 0.2) is 0 Å². The third-order valence-corrected chi connectivity index (χ3v) is 7.22. The molecule has 0 aliphatic carbocycles. The number of aliphatic hydroxyl groups is 1. The number of nitrogens with zero attached hydrogens (tertiary/aromatic N) is 3. The maximum absolute atomic E-state index is 11.3. The van der Waals surface area contributed by atoms with Crippen LogP contribution in [0.4, 0.5) is 0 Å². The maximum atomic E-state index is 11.3. The van der Waals surface area contributed by atoms with Crippen LogP contribution in [0.2, 0.25) is 5.02 Å². The number of benzene rings is 3. The zero-order valence-corrected chi connectivity index (χ0v) is 21.3. The molecule has 0 saturated carbocycles. The Morgan fingerprint density at radius 3 is 2.09 bits per heavy atom. The van der Waals surface area contributed by atoms with E-state index in [1.807, 2.05) is 30.7 Å². The molecule has 1 atom stereocenters. The van der Waals surface area contributed by atoms with Gasteiger partial charge in [-0.1, -0.05) is 83.9 Å². The van der Waals surface area contributed by atoms with Gasteiger partial charge in [0.05, 0.1) is 46.8 Å². The van der Waals surface area contributed by atoms with Crippen LogP contribution in [0.5, 0.6) is 0 Å². The minimum atomic E-state index is -0.647. The quantitative estimate of drug-likeness (QED) is 0.279. The third kappa shape index (κ3) is 4.29. The molecule has 0 spiro atoms. The van der Waals surface area contributed by atoms with Gasteiger partial charge in [-0.2, -0.15) is 5.10 Å². The predicted octanol–water partition coefficient (Wildman–Crippen LogP) is 7.12. The Hall–Kier alpha value is -3.34. The van der Waals surface area contributed by atoms with Crippen LogP contribution in [0.3, 0.4) is 0 Å². The van der Waals surface area contributed by atoms with Crippen molar-refractivity contribution in [3.63, 3.8) is 0 Å². The molecule has 35 heavy (non-hydrogen) atoms. The number of rotatable bonds is 6. The number of aliphatic hydroxyl groups excluding tert-OH is 1. The Labute approximate surface area is 211 Å². The van der Waals surface area contributed by atoms with Crippen LogP contribution in [-0.4, -0.2) is 25.6 Å². The molecule has 5 aromatic rings. The van der Waals surface area contributed by atoms with Gasteiger partial charge in [-0.3, -0.25) is 4.68 Å². The van der Waals surface area contributed by atoms with Crippen LogP contribution in [0.25, 0.3) is 33.3 Å². The minimum absolute atomic E-state index is 0.374. The fraction of sp³-hybridized carbons (Fsp3) is 0.233. The van der Waals surface area contributed by atoms with E-state index in [2.05, 4.69) is 84.2 Å². The van der Waals surface area contributed by atoms with E-state index in [1.165, 1.54) is 27.6 Å². The lowest BCUT2D eigenvalue weighted by Crippen LogP contribution is -2.24. The molecular formula is C30H30ClN3O. The highest BCUT2D eigenvalue weighted by molar-refractivity contribution is 6.31. The number of halogens is 1. The second kappa shape index (κ2) is 9.37. The summed E-state index contributed by atoms with van der Waals surface area (Å²) in [6.07, 6.45) is -0.647. The molecule has 0 bridgehead atoms. The molecule has 2 heterocycles. The average Bonchev–Trinajstić information content (AvgIpc) is 3.29. The Balaban J connectivity index is 1.72. The molecule has 0 radical (unpaired) electrons. The molecule has 4 nitrogen and oxygen atoms in total. The molecule has 0 fully saturated rings. The highest BCUT2D eigenvalue weighted by Crippen LogP contribution is 2.42. The standard InChI is InChI=1S/C30H30ClN3O/c1-19-15-20(2)29-26(16-19)27(23-11-7-5-8-12-23)30(24-13-9-6-10-14-24)33(29)17-25(35)18-34-22(4)28(31)21(3)32-34/h5-16,25,35H,17-18H2,1-4H3/t25-/m1/s1. The minimum Gasteiger partial charge on any atom is -0.389 e. The smallest absolute Gasteiger partial charge is 0.0914 e. The van der Waals surface area contributed by atoms with Crippen LogP contribution in [0, 0.1) is 27.7 Å². The molecule has 0 saturated heterocycles. The fourth-order valence-electron chi connectivity index (χ4n) is 5.18. The number of hydrogen-bond donors (Lipinski definition) is 1. The van der Waals surface area contributed by atoms with Crippen molar-refractivity contribution in [3.05, 3.63) is 100 Å². The first-order valence-corrected chi connectivity index (χ1v) is 12.3. The van der Waals surface area contributed by atoms with E-state index in [1.54, 1.807) is 0 Å². The number of aryl methyl sites for hydroxylation is 3. The predicted molar refractivity (Wildman–Crippen MR) is 145 cm³/mol. The average molecular weight is 484 g/mol. The molecule has 0 amide bonds. The van der Waals surface area contributed by atoms with Gasteiger partial charge in [-0.15, -0.1) is 0 Å². The van der Waals surface area contributed by atoms with Crippen molar-refractivity contribution in [2.75, 3.05) is 0 Å². The Bertz CT molecular complexity index is 1500. The lowest BCUT2D eigenvalue weighted by atomic mass is 9.97. The van der Waals surface area contributed by atoms with Crippen LogP contribution >= 0.6 is 11.6 Å². The van der Waals surface area contributed by atoms with Gasteiger partial charge in [0.1, 0.15) is 0 Å². The second-order valence-electron chi connectivity index (χ2n) is 9.36. The van der Waals surface area contributed by atoms with Gasteiger partial charge in [-0.05, 0) is 50.5 Å². The van der Waals surface area contributed by atoms with Gasteiger partial charge < -0.3 is 9.67 Å². The van der Waals surface area contributed by atoms with Crippen LogP contribution in [0.1, 0.15) is 22.5 Å². The first-order valence-electron chi connectivity index (χ1n) is 12.0. The fourth-order valence-corrected chi connectivity index (χ4v) is 5.32. The lowest BCUT2D eigenvalue weighted by Gasteiger charge is -2.18. The first-order chi connectivity index (χ1) is 16.8. The van der Waals surface area contributed by atoms with Crippen molar-refractivity contribution in [3.8, 4) is 22.4 Å². The summed E-state index contributed by atoms with van der Waals surface area (Å²) >= 11 is 6.36. The molecule has 178 valence electrons. The summed E-state index contributed by atoms with van der Waals surface area (Å²) in [5.41, 5.74) is 9.83. The summed E-state index contributed by atoms with van der Waals surface area (Å²) in [6.45, 7) is 8.94. The molecule has 0 aliphatic rings. The van der Waals surface area contributed by atoms with Gasteiger partial charge in [0.2, 0.25) is 0 Å². The molecule has 5 heteroatoms. The van der Waals surface area contributed by atoms with Gasteiger partial charge in [-0.25, -0.2) is 0 Å². The van der Waals surface area contributed by atoms with E-state index >= 15 is 0 Å². The largest absolute Gasteiger partial charge is 0.389 e. The number of fused-ring (bicyclic) bond motifs is 1. The number of aromatic nitrogens is 3. The topological polar surface area (TPSA) is 43.0 Å². The summed E-state index contributed by atoms with van der Waals surface area (Å²) in [6, 6.07) is 25.5. The third-order valence-electron chi connectivity index (χ3n) is 6.67. The zero-order valence-electron chi connectivity index (χ0n) is 20.6.